The van der Waals surface area contributed by atoms with E-state index < -0.39 is 0 Å². The molecule has 5 heteroatoms. The van der Waals surface area contributed by atoms with E-state index in [1.807, 2.05) is 45.0 Å². The summed E-state index contributed by atoms with van der Waals surface area (Å²) >= 11 is 0. The lowest BCUT2D eigenvalue weighted by Gasteiger charge is -2.09. The molecule has 0 fully saturated rings. The van der Waals surface area contributed by atoms with Crippen molar-refractivity contribution in [2.45, 2.75) is 26.8 Å². The summed E-state index contributed by atoms with van der Waals surface area (Å²) < 4.78 is 10.8. The van der Waals surface area contributed by atoms with E-state index in [4.69, 9.17) is 15.0 Å². The number of aromatic nitrogens is 2. The molecule has 0 spiro atoms. The molecule has 0 saturated carbocycles. The molecule has 1 aromatic carbocycles. The van der Waals surface area contributed by atoms with Gasteiger partial charge in [-0.15, -0.1) is 0 Å². The van der Waals surface area contributed by atoms with Gasteiger partial charge in [0.1, 0.15) is 5.75 Å². The van der Waals surface area contributed by atoms with Crippen LogP contribution in [0.3, 0.4) is 0 Å². The van der Waals surface area contributed by atoms with Crippen LogP contribution in [0.2, 0.25) is 0 Å². The molecule has 1 heterocycles. The molecule has 5 nitrogen and oxygen atoms in total. The summed E-state index contributed by atoms with van der Waals surface area (Å²) in [6.45, 7) is 6.56. The second kappa shape index (κ2) is 5.84. The van der Waals surface area contributed by atoms with Crippen molar-refractivity contribution in [2.24, 2.45) is 11.7 Å². The molecule has 0 aliphatic rings. The first kappa shape index (κ1) is 13.5. The summed E-state index contributed by atoms with van der Waals surface area (Å²) in [4.78, 5) is 4.36. The lowest BCUT2D eigenvalue weighted by Crippen LogP contribution is -2.16. The molecule has 19 heavy (non-hydrogen) atoms. The fourth-order valence-corrected chi connectivity index (χ4v) is 1.70. The Bertz CT molecular complexity index is 537. The van der Waals surface area contributed by atoms with E-state index in [1.165, 1.54) is 0 Å². The number of nitrogens with zero attached hydrogens (tertiary/aromatic N) is 2. The Kier molecular flexibility index (Phi) is 4.16. The van der Waals surface area contributed by atoms with Gasteiger partial charge < -0.3 is 15.0 Å². The maximum Gasteiger partial charge on any atom is 0.244 e. The van der Waals surface area contributed by atoms with Gasteiger partial charge in [0.2, 0.25) is 11.7 Å². The van der Waals surface area contributed by atoms with Crippen LogP contribution in [0.4, 0.5) is 0 Å². The number of rotatable bonds is 5. The quantitative estimate of drug-likeness (QED) is 0.895. The van der Waals surface area contributed by atoms with Crippen molar-refractivity contribution in [3.8, 4) is 17.1 Å². The third-order valence-corrected chi connectivity index (χ3v) is 2.87. The Hall–Kier alpha value is -1.88. The summed E-state index contributed by atoms with van der Waals surface area (Å²) in [5, 5.41) is 3.99. The van der Waals surface area contributed by atoms with Gasteiger partial charge in [0.25, 0.3) is 0 Å². The summed E-state index contributed by atoms with van der Waals surface area (Å²) in [5.41, 5.74) is 6.81. The highest BCUT2D eigenvalue weighted by atomic mass is 16.5. The molecule has 0 aliphatic heterocycles. The lowest BCUT2D eigenvalue weighted by molar-refractivity contribution is 0.324. The predicted octanol–water partition coefficient (Wildman–Crippen LogP) is 2.79. The molecule has 0 aliphatic carbocycles. The van der Waals surface area contributed by atoms with Crippen LogP contribution in [-0.4, -0.2) is 16.7 Å². The van der Waals surface area contributed by atoms with Gasteiger partial charge in [0.05, 0.1) is 18.2 Å². The van der Waals surface area contributed by atoms with Crippen molar-refractivity contribution < 1.29 is 9.26 Å². The maximum absolute atomic E-state index is 6.00. The summed E-state index contributed by atoms with van der Waals surface area (Å²) in [6, 6.07) is 7.36. The third kappa shape index (κ3) is 2.93. The first-order chi connectivity index (χ1) is 9.13. The van der Waals surface area contributed by atoms with Gasteiger partial charge in [-0.05, 0) is 25.0 Å². The molecule has 2 N–H and O–H groups in total. The minimum atomic E-state index is -0.250. The molecule has 1 atom stereocenters. The maximum atomic E-state index is 6.00. The molecule has 0 saturated heterocycles. The highest BCUT2D eigenvalue weighted by molar-refractivity contribution is 5.63. The van der Waals surface area contributed by atoms with Crippen molar-refractivity contribution in [2.75, 3.05) is 6.61 Å². The van der Waals surface area contributed by atoms with Gasteiger partial charge in [0, 0.05) is 0 Å². The van der Waals surface area contributed by atoms with E-state index in [0.717, 1.165) is 11.3 Å². The molecular weight excluding hydrogens is 242 g/mol. The normalized spacial score (nSPS) is 12.7. The average Bonchev–Trinajstić information content (AvgIpc) is 2.88. The standard InChI is InChI=1S/C14H19N3O2/c1-4-18-11-8-6-5-7-10(11)13-16-14(19-17-13)12(15)9(2)3/h5-9,12H,4,15H2,1-3H3. The monoisotopic (exact) mass is 261 g/mol. The number of hydrogen-bond acceptors (Lipinski definition) is 5. The van der Waals surface area contributed by atoms with Crippen molar-refractivity contribution in [3.63, 3.8) is 0 Å². The van der Waals surface area contributed by atoms with Gasteiger partial charge in [-0.25, -0.2) is 0 Å². The fraction of sp³-hybridized carbons (Fsp3) is 0.429. The van der Waals surface area contributed by atoms with E-state index >= 15 is 0 Å². The molecule has 0 bridgehead atoms. The second-order valence-electron chi connectivity index (χ2n) is 4.66. The van der Waals surface area contributed by atoms with Crippen LogP contribution in [0.5, 0.6) is 5.75 Å². The number of hydrogen-bond donors (Lipinski definition) is 1. The van der Waals surface area contributed by atoms with Crippen LogP contribution in [-0.2, 0) is 0 Å². The Morgan fingerprint density at radius 3 is 2.74 bits per heavy atom. The number of benzene rings is 1. The highest BCUT2D eigenvalue weighted by Crippen LogP contribution is 2.28. The molecule has 0 amide bonds. The van der Waals surface area contributed by atoms with Crippen molar-refractivity contribution in [1.82, 2.24) is 10.1 Å². The largest absolute Gasteiger partial charge is 0.493 e. The Labute approximate surface area is 112 Å². The van der Waals surface area contributed by atoms with E-state index in [1.54, 1.807) is 0 Å². The molecule has 2 rings (SSSR count). The SMILES string of the molecule is CCOc1ccccc1-c1noc(C(N)C(C)C)n1. The Morgan fingerprint density at radius 2 is 2.05 bits per heavy atom. The molecule has 1 unspecified atom stereocenters. The highest BCUT2D eigenvalue weighted by Gasteiger charge is 2.19. The second-order valence-corrected chi connectivity index (χ2v) is 4.66. The zero-order chi connectivity index (χ0) is 13.8. The van der Waals surface area contributed by atoms with Gasteiger partial charge in [-0.3, -0.25) is 0 Å². The van der Waals surface area contributed by atoms with E-state index in [-0.39, 0.29) is 12.0 Å². The average molecular weight is 261 g/mol. The van der Waals surface area contributed by atoms with Crippen LogP contribution in [0.1, 0.15) is 32.7 Å². The van der Waals surface area contributed by atoms with Crippen molar-refractivity contribution in [1.29, 1.82) is 0 Å². The van der Waals surface area contributed by atoms with Gasteiger partial charge in [-0.1, -0.05) is 31.1 Å². The summed E-state index contributed by atoms with van der Waals surface area (Å²) in [7, 11) is 0. The van der Waals surface area contributed by atoms with Gasteiger partial charge in [0.15, 0.2) is 0 Å². The van der Waals surface area contributed by atoms with Crippen LogP contribution in [0, 0.1) is 5.92 Å². The van der Waals surface area contributed by atoms with Crippen molar-refractivity contribution in [3.05, 3.63) is 30.2 Å². The van der Waals surface area contributed by atoms with Crippen LogP contribution in [0.15, 0.2) is 28.8 Å². The van der Waals surface area contributed by atoms with E-state index in [0.29, 0.717) is 18.3 Å². The fourth-order valence-electron chi connectivity index (χ4n) is 1.70. The van der Waals surface area contributed by atoms with Crippen LogP contribution < -0.4 is 10.5 Å². The molecule has 102 valence electrons. The first-order valence-corrected chi connectivity index (χ1v) is 6.44. The smallest absolute Gasteiger partial charge is 0.244 e. The van der Waals surface area contributed by atoms with Crippen LogP contribution >= 0.6 is 0 Å². The summed E-state index contributed by atoms with van der Waals surface area (Å²) in [6.07, 6.45) is 0. The Morgan fingerprint density at radius 1 is 1.32 bits per heavy atom. The minimum Gasteiger partial charge on any atom is -0.493 e. The van der Waals surface area contributed by atoms with Crippen LogP contribution in [0.25, 0.3) is 11.4 Å². The molecule has 2 aromatic rings. The zero-order valence-electron chi connectivity index (χ0n) is 11.5. The van der Waals surface area contributed by atoms with E-state index in [2.05, 4.69) is 10.1 Å². The number of para-hydroxylation sites is 1. The summed E-state index contributed by atoms with van der Waals surface area (Å²) in [5.74, 6) is 1.96. The third-order valence-electron chi connectivity index (χ3n) is 2.87. The Balaban J connectivity index is 2.32. The lowest BCUT2D eigenvalue weighted by atomic mass is 10.1. The number of nitrogens with two attached hydrogens (primary N) is 1. The number of ether oxygens (including phenoxy) is 1. The molecule has 1 aromatic heterocycles. The van der Waals surface area contributed by atoms with E-state index in [9.17, 15) is 0 Å². The minimum absolute atomic E-state index is 0.246. The first-order valence-electron chi connectivity index (χ1n) is 6.44. The zero-order valence-corrected chi connectivity index (χ0v) is 11.5. The van der Waals surface area contributed by atoms with Crippen molar-refractivity contribution >= 4 is 0 Å². The topological polar surface area (TPSA) is 74.2 Å². The van der Waals surface area contributed by atoms with Gasteiger partial charge >= 0.3 is 0 Å². The molecule has 0 radical (unpaired) electrons. The molecular formula is C14H19N3O2. The predicted molar refractivity (Wildman–Crippen MR) is 72.7 cm³/mol. The van der Waals surface area contributed by atoms with Gasteiger partial charge in [-0.2, -0.15) is 4.98 Å².